The van der Waals surface area contributed by atoms with Gasteiger partial charge in [-0.25, -0.2) is 9.67 Å². The van der Waals surface area contributed by atoms with E-state index in [0.717, 1.165) is 18.0 Å². The smallest absolute Gasteiger partial charge is 0.272 e. The number of aromatic nitrogens is 3. The Morgan fingerprint density at radius 2 is 2.56 bits per heavy atom. The molecule has 0 saturated heterocycles. The molecular formula is C11H12N4O2S. The molecule has 0 atom stereocenters. The summed E-state index contributed by atoms with van der Waals surface area (Å²) in [5.41, 5.74) is 0.392. The highest BCUT2D eigenvalue weighted by molar-refractivity contribution is 7.09. The van der Waals surface area contributed by atoms with Crippen LogP contribution in [0.2, 0.25) is 0 Å². The summed E-state index contributed by atoms with van der Waals surface area (Å²) < 4.78 is 7.14. The van der Waals surface area contributed by atoms with Crippen LogP contribution in [-0.4, -0.2) is 27.3 Å². The second kappa shape index (κ2) is 4.77. The number of ether oxygens (including phenoxy) is 1. The molecule has 3 heterocycles. The van der Waals surface area contributed by atoms with E-state index < -0.39 is 0 Å². The van der Waals surface area contributed by atoms with E-state index in [0.29, 0.717) is 24.7 Å². The SMILES string of the molecule is O=C(NCc1nccs1)c1cc2n(n1)CCCO2. The molecule has 0 spiro atoms. The number of hydrogen-bond donors (Lipinski definition) is 1. The van der Waals surface area contributed by atoms with E-state index in [2.05, 4.69) is 15.4 Å². The van der Waals surface area contributed by atoms with Gasteiger partial charge in [-0.3, -0.25) is 4.79 Å². The van der Waals surface area contributed by atoms with Crippen molar-refractivity contribution in [3.05, 3.63) is 28.3 Å². The minimum absolute atomic E-state index is 0.198. The molecule has 0 unspecified atom stereocenters. The van der Waals surface area contributed by atoms with E-state index in [9.17, 15) is 4.79 Å². The summed E-state index contributed by atoms with van der Waals surface area (Å²) in [6.45, 7) is 1.92. The summed E-state index contributed by atoms with van der Waals surface area (Å²) >= 11 is 1.51. The van der Waals surface area contributed by atoms with E-state index in [1.54, 1.807) is 16.9 Å². The van der Waals surface area contributed by atoms with E-state index in [1.165, 1.54) is 11.3 Å². The highest BCUT2D eigenvalue weighted by Crippen LogP contribution is 2.18. The Morgan fingerprint density at radius 1 is 1.61 bits per heavy atom. The molecule has 0 bridgehead atoms. The first kappa shape index (κ1) is 11.2. The fourth-order valence-corrected chi connectivity index (χ4v) is 2.32. The number of rotatable bonds is 3. The third kappa shape index (κ3) is 2.21. The van der Waals surface area contributed by atoms with Crippen LogP contribution in [-0.2, 0) is 13.1 Å². The van der Waals surface area contributed by atoms with Crippen molar-refractivity contribution in [1.82, 2.24) is 20.1 Å². The third-order valence-electron chi connectivity index (χ3n) is 2.62. The van der Waals surface area contributed by atoms with Crippen LogP contribution in [0.1, 0.15) is 21.9 Å². The number of hydrogen-bond acceptors (Lipinski definition) is 5. The van der Waals surface area contributed by atoms with Gasteiger partial charge in [0.25, 0.3) is 5.91 Å². The number of nitrogens with one attached hydrogen (secondary N) is 1. The zero-order valence-corrected chi connectivity index (χ0v) is 10.4. The van der Waals surface area contributed by atoms with Crippen molar-refractivity contribution in [2.45, 2.75) is 19.5 Å². The van der Waals surface area contributed by atoms with Gasteiger partial charge in [0.05, 0.1) is 13.2 Å². The molecule has 0 aliphatic carbocycles. The Hall–Kier alpha value is -1.89. The molecule has 2 aromatic rings. The van der Waals surface area contributed by atoms with Crippen LogP contribution in [0, 0.1) is 0 Å². The van der Waals surface area contributed by atoms with Gasteiger partial charge < -0.3 is 10.1 Å². The Kier molecular flexibility index (Phi) is 2.97. The number of thiazole rings is 1. The van der Waals surface area contributed by atoms with Crippen molar-refractivity contribution in [3.8, 4) is 5.88 Å². The number of fused-ring (bicyclic) bond motifs is 1. The maximum Gasteiger partial charge on any atom is 0.272 e. The highest BCUT2D eigenvalue weighted by atomic mass is 32.1. The van der Waals surface area contributed by atoms with Crippen molar-refractivity contribution in [1.29, 1.82) is 0 Å². The second-order valence-electron chi connectivity index (χ2n) is 3.90. The first-order valence-electron chi connectivity index (χ1n) is 5.70. The lowest BCUT2D eigenvalue weighted by Crippen LogP contribution is -2.23. The lowest BCUT2D eigenvalue weighted by atomic mass is 10.4. The summed E-state index contributed by atoms with van der Waals surface area (Å²) in [4.78, 5) is 16.0. The fourth-order valence-electron chi connectivity index (χ4n) is 1.76. The molecule has 94 valence electrons. The zero-order valence-electron chi connectivity index (χ0n) is 9.63. The Bertz CT molecular complexity index is 526. The zero-order chi connectivity index (χ0) is 12.4. The van der Waals surface area contributed by atoms with Crippen LogP contribution in [0.3, 0.4) is 0 Å². The van der Waals surface area contributed by atoms with Gasteiger partial charge in [-0.05, 0) is 0 Å². The van der Waals surface area contributed by atoms with Crippen LogP contribution < -0.4 is 10.1 Å². The van der Waals surface area contributed by atoms with E-state index >= 15 is 0 Å². The number of carbonyl (C=O) groups excluding carboxylic acids is 1. The summed E-state index contributed by atoms with van der Waals surface area (Å²) in [6, 6.07) is 1.68. The predicted octanol–water partition coefficient (Wildman–Crippen LogP) is 1.05. The Labute approximate surface area is 108 Å². The number of aryl methyl sites for hydroxylation is 1. The van der Waals surface area contributed by atoms with Crippen molar-refractivity contribution in [2.75, 3.05) is 6.61 Å². The molecule has 1 aliphatic rings. The maximum absolute atomic E-state index is 11.9. The van der Waals surface area contributed by atoms with Crippen molar-refractivity contribution < 1.29 is 9.53 Å². The van der Waals surface area contributed by atoms with Gasteiger partial charge in [0.15, 0.2) is 5.69 Å². The van der Waals surface area contributed by atoms with Crippen LogP contribution in [0.5, 0.6) is 5.88 Å². The molecule has 1 N–H and O–H groups in total. The standard InChI is InChI=1S/C11H12N4O2S/c16-11(13-7-9-12-2-5-18-9)8-6-10-15(14-8)3-1-4-17-10/h2,5-6H,1,3-4,7H2,(H,13,16). The quantitative estimate of drug-likeness (QED) is 0.899. The van der Waals surface area contributed by atoms with Gasteiger partial charge in [0.1, 0.15) is 5.01 Å². The summed E-state index contributed by atoms with van der Waals surface area (Å²) in [7, 11) is 0. The van der Waals surface area contributed by atoms with Gasteiger partial charge in [-0.2, -0.15) is 5.10 Å². The number of carbonyl (C=O) groups is 1. The molecule has 1 amide bonds. The molecule has 18 heavy (non-hydrogen) atoms. The molecule has 2 aromatic heterocycles. The summed E-state index contributed by atoms with van der Waals surface area (Å²) in [6.07, 6.45) is 2.64. The highest BCUT2D eigenvalue weighted by Gasteiger charge is 2.17. The van der Waals surface area contributed by atoms with Crippen LogP contribution in [0.4, 0.5) is 0 Å². The van der Waals surface area contributed by atoms with Crippen molar-refractivity contribution >= 4 is 17.2 Å². The number of amides is 1. The predicted molar refractivity (Wildman–Crippen MR) is 65.6 cm³/mol. The van der Waals surface area contributed by atoms with E-state index in [1.807, 2.05) is 5.38 Å². The molecule has 7 heteroatoms. The molecule has 0 radical (unpaired) electrons. The molecule has 6 nitrogen and oxygen atoms in total. The van der Waals surface area contributed by atoms with E-state index in [4.69, 9.17) is 4.74 Å². The fraction of sp³-hybridized carbons (Fsp3) is 0.364. The van der Waals surface area contributed by atoms with Gasteiger partial charge >= 0.3 is 0 Å². The minimum atomic E-state index is -0.198. The molecule has 1 aliphatic heterocycles. The van der Waals surface area contributed by atoms with Crippen LogP contribution in [0.15, 0.2) is 17.6 Å². The molecule has 3 rings (SSSR count). The third-order valence-corrected chi connectivity index (χ3v) is 3.40. The topological polar surface area (TPSA) is 69.0 Å². The lowest BCUT2D eigenvalue weighted by molar-refractivity contribution is 0.0945. The van der Waals surface area contributed by atoms with Gasteiger partial charge in [-0.15, -0.1) is 11.3 Å². The lowest BCUT2D eigenvalue weighted by Gasteiger charge is -2.13. The summed E-state index contributed by atoms with van der Waals surface area (Å²) in [5, 5.41) is 9.76. The first-order valence-corrected chi connectivity index (χ1v) is 6.58. The summed E-state index contributed by atoms with van der Waals surface area (Å²) in [5.74, 6) is 0.469. The number of nitrogens with zero attached hydrogens (tertiary/aromatic N) is 3. The van der Waals surface area contributed by atoms with Crippen LogP contribution >= 0.6 is 11.3 Å². The average Bonchev–Trinajstić information content (AvgIpc) is 3.04. The van der Waals surface area contributed by atoms with E-state index in [-0.39, 0.29) is 5.91 Å². The minimum Gasteiger partial charge on any atom is -0.478 e. The normalized spacial score (nSPS) is 13.8. The Balaban J connectivity index is 1.67. The average molecular weight is 264 g/mol. The maximum atomic E-state index is 11.9. The first-order chi connectivity index (χ1) is 8.83. The largest absolute Gasteiger partial charge is 0.478 e. The molecule has 0 saturated carbocycles. The van der Waals surface area contributed by atoms with Crippen LogP contribution in [0.25, 0.3) is 0 Å². The van der Waals surface area contributed by atoms with Gasteiger partial charge in [0.2, 0.25) is 5.88 Å². The van der Waals surface area contributed by atoms with Crippen molar-refractivity contribution in [3.63, 3.8) is 0 Å². The van der Waals surface area contributed by atoms with Gasteiger partial charge in [-0.1, -0.05) is 0 Å². The van der Waals surface area contributed by atoms with Gasteiger partial charge in [0, 0.05) is 30.6 Å². The monoisotopic (exact) mass is 264 g/mol. The molecule has 0 aromatic carbocycles. The second-order valence-corrected chi connectivity index (χ2v) is 4.88. The van der Waals surface area contributed by atoms with Crippen molar-refractivity contribution in [2.24, 2.45) is 0 Å². The molecule has 0 fully saturated rings. The Morgan fingerprint density at radius 3 is 3.33 bits per heavy atom. The molecular weight excluding hydrogens is 252 g/mol.